The molecule has 0 aliphatic carbocycles. The molecule has 6 nitrogen and oxygen atoms in total. The first-order valence-electron chi connectivity index (χ1n) is 5.85. The summed E-state index contributed by atoms with van der Waals surface area (Å²) in [4.78, 5) is 10.3. The lowest BCUT2D eigenvalue weighted by atomic mass is 10.1. The molecule has 0 amide bonds. The predicted octanol–water partition coefficient (Wildman–Crippen LogP) is 2.29. The van der Waals surface area contributed by atoms with Crippen LogP contribution < -0.4 is 10.5 Å². The molecule has 1 rings (SSSR count). The van der Waals surface area contributed by atoms with Crippen LogP contribution >= 0.6 is 0 Å². The average Bonchev–Trinajstić information content (AvgIpc) is 2.27. The lowest BCUT2D eigenvalue weighted by Crippen LogP contribution is -2.34. The molecule has 0 saturated heterocycles. The van der Waals surface area contributed by atoms with Gasteiger partial charge in [0.1, 0.15) is 5.69 Å². The van der Waals surface area contributed by atoms with Crippen molar-refractivity contribution in [2.24, 2.45) is 0 Å². The highest BCUT2D eigenvalue weighted by molar-refractivity contribution is 7.84. The molecule has 0 aliphatic rings. The molecule has 0 saturated carbocycles. The largest absolute Gasteiger partial charge is 0.393 e. The molecule has 106 valence electrons. The van der Waals surface area contributed by atoms with Crippen LogP contribution in [-0.4, -0.2) is 13.9 Å². The number of hydrogen-bond donors (Lipinski definition) is 2. The van der Waals surface area contributed by atoms with Gasteiger partial charge in [-0.1, -0.05) is 6.07 Å². The fourth-order valence-corrected chi connectivity index (χ4v) is 2.20. The van der Waals surface area contributed by atoms with Crippen molar-refractivity contribution in [3.05, 3.63) is 33.9 Å². The van der Waals surface area contributed by atoms with Crippen molar-refractivity contribution in [1.29, 1.82) is 0 Å². The Morgan fingerprint density at radius 2 is 2.00 bits per heavy atom. The minimum absolute atomic E-state index is 0.123. The first-order valence-corrected chi connectivity index (χ1v) is 6.99. The third kappa shape index (κ3) is 4.00. The number of nitrogen functional groups attached to an aromatic ring is 1. The van der Waals surface area contributed by atoms with Crippen molar-refractivity contribution in [3.8, 4) is 0 Å². The number of rotatable bonds is 4. The zero-order valence-corrected chi connectivity index (χ0v) is 12.3. The maximum Gasteiger partial charge on any atom is 0.292 e. The summed E-state index contributed by atoms with van der Waals surface area (Å²) in [5, 5.41) is 10.8. The van der Waals surface area contributed by atoms with Crippen molar-refractivity contribution in [1.82, 2.24) is 4.72 Å². The van der Waals surface area contributed by atoms with E-state index in [-0.39, 0.29) is 17.4 Å². The van der Waals surface area contributed by atoms with Crippen LogP contribution in [0.25, 0.3) is 0 Å². The van der Waals surface area contributed by atoms with E-state index < -0.39 is 20.7 Å². The Morgan fingerprint density at radius 1 is 1.42 bits per heavy atom. The van der Waals surface area contributed by atoms with Crippen LogP contribution in [0.3, 0.4) is 0 Å². The molecule has 1 aromatic rings. The van der Waals surface area contributed by atoms with E-state index in [1.54, 1.807) is 13.0 Å². The predicted molar refractivity (Wildman–Crippen MR) is 77.0 cm³/mol. The molecule has 0 aliphatic heterocycles. The molecule has 7 heteroatoms. The van der Waals surface area contributed by atoms with Gasteiger partial charge in [-0.2, -0.15) is 0 Å². The Morgan fingerprint density at radius 3 is 2.47 bits per heavy atom. The zero-order valence-electron chi connectivity index (χ0n) is 11.5. The molecular weight excluding hydrogens is 266 g/mol. The van der Waals surface area contributed by atoms with E-state index >= 15 is 0 Å². The lowest BCUT2D eigenvalue weighted by Gasteiger charge is -2.22. The summed E-state index contributed by atoms with van der Waals surface area (Å²) in [6.45, 7) is 7.37. The molecule has 1 unspecified atom stereocenters. The van der Waals surface area contributed by atoms with Crippen molar-refractivity contribution < 1.29 is 9.13 Å². The van der Waals surface area contributed by atoms with Gasteiger partial charge in [-0.25, -0.2) is 8.93 Å². The maximum atomic E-state index is 12.0. The Kier molecular flexibility index (Phi) is 4.65. The summed E-state index contributed by atoms with van der Waals surface area (Å²) >= 11 is 0. The summed E-state index contributed by atoms with van der Waals surface area (Å²) in [6, 6.07) is 4.33. The highest BCUT2D eigenvalue weighted by Crippen LogP contribution is 2.26. The normalized spacial score (nSPS) is 14.9. The molecular formula is C12H19N3O3S. The van der Waals surface area contributed by atoms with Gasteiger partial charge >= 0.3 is 0 Å². The van der Waals surface area contributed by atoms with Crippen molar-refractivity contribution >= 4 is 22.4 Å². The van der Waals surface area contributed by atoms with Crippen LogP contribution in [0, 0.1) is 10.1 Å². The third-order valence-corrected chi connectivity index (χ3v) is 4.27. The number of benzene rings is 1. The first kappa shape index (κ1) is 15.6. The fraction of sp³-hybridized carbons (Fsp3) is 0.500. The van der Waals surface area contributed by atoms with E-state index in [0.29, 0.717) is 5.56 Å². The summed E-state index contributed by atoms with van der Waals surface area (Å²) in [5.41, 5.74) is 6.21. The number of nitro groups is 1. The Bertz CT molecular complexity index is 511. The average molecular weight is 285 g/mol. The van der Waals surface area contributed by atoms with Crippen LogP contribution in [0.15, 0.2) is 18.2 Å². The molecule has 0 fully saturated rings. The second kappa shape index (κ2) is 5.66. The van der Waals surface area contributed by atoms with E-state index in [2.05, 4.69) is 4.72 Å². The molecule has 0 heterocycles. The van der Waals surface area contributed by atoms with Gasteiger partial charge in [0.25, 0.3) is 5.69 Å². The molecule has 1 aromatic carbocycles. The molecule has 0 spiro atoms. The van der Waals surface area contributed by atoms with Gasteiger partial charge in [-0.05, 0) is 39.3 Å². The Hall–Kier alpha value is -1.47. The highest BCUT2D eigenvalue weighted by Gasteiger charge is 2.22. The van der Waals surface area contributed by atoms with Crippen molar-refractivity contribution in [2.45, 2.75) is 38.5 Å². The van der Waals surface area contributed by atoms with Crippen LogP contribution in [-0.2, 0) is 11.0 Å². The second-order valence-electron chi connectivity index (χ2n) is 5.30. The first-order chi connectivity index (χ1) is 8.62. The van der Waals surface area contributed by atoms with E-state index in [9.17, 15) is 14.3 Å². The number of nitrogens with two attached hydrogens (primary N) is 1. The number of nitro benzene ring substituents is 1. The number of hydrogen-bond acceptors (Lipinski definition) is 4. The monoisotopic (exact) mass is 285 g/mol. The van der Waals surface area contributed by atoms with Crippen molar-refractivity contribution in [2.75, 3.05) is 5.73 Å². The maximum absolute atomic E-state index is 12.0. The topological polar surface area (TPSA) is 98.3 Å². The lowest BCUT2D eigenvalue weighted by molar-refractivity contribution is -0.384. The van der Waals surface area contributed by atoms with Crippen LogP contribution in [0.1, 0.15) is 39.3 Å². The molecule has 0 radical (unpaired) electrons. The van der Waals surface area contributed by atoms with Gasteiger partial charge in [0.15, 0.2) is 0 Å². The van der Waals surface area contributed by atoms with Crippen LogP contribution in [0.4, 0.5) is 11.4 Å². The smallest absolute Gasteiger partial charge is 0.292 e. The van der Waals surface area contributed by atoms with E-state index in [0.717, 1.165) is 0 Å². The van der Waals surface area contributed by atoms with Gasteiger partial charge in [0.05, 0.1) is 20.7 Å². The molecule has 19 heavy (non-hydrogen) atoms. The van der Waals surface area contributed by atoms with Gasteiger partial charge in [0.2, 0.25) is 0 Å². The summed E-state index contributed by atoms with van der Waals surface area (Å²) in [7, 11) is -1.24. The van der Waals surface area contributed by atoms with Gasteiger partial charge in [-0.3, -0.25) is 10.1 Å². The summed E-state index contributed by atoms with van der Waals surface area (Å²) in [6.07, 6.45) is 0. The van der Waals surface area contributed by atoms with E-state index in [1.807, 2.05) is 20.8 Å². The molecule has 0 aromatic heterocycles. The van der Waals surface area contributed by atoms with Crippen LogP contribution in [0.5, 0.6) is 0 Å². The van der Waals surface area contributed by atoms with Gasteiger partial charge in [-0.15, -0.1) is 0 Å². The summed E-state index contributed by atoms with van der Waals surface area (Å²) < 4.78 is 14.5. The van der Waals surface area contributed by atoms with Crippen LogP contribution in [0.2, 0.25) is 0 Å². The SMILES string of the molecule is C[C@H](NS(=O)C(C)(C)C)c1ccc(N)c([N+](=O)[O-])c1. The zero-order chi connectivity index (χ0) is 14.8. The Labute approximate surface area is 115 Å². The van der Waals surface area contributed by atoms with Crippen molar-refractivity contribution in [3.63, 3.8) is 0 Å². The molecule has 3 N–H and O–H groups in total. The molecule has 2 atom stereocenters. The van der Waals surface area contributed by atoms with Gasteiger partial charge < -0.3 is 5.73 Å². The fourth-order valence-electron chi connectivity index (χ4n) is 1.39. The van der Waals surface area contributed by atoms with E-state index in [4.69, 9.17) is 5.73 Å². The number of nitrogens with one attached hydrogen (secondary N) is 1. The number of anilines is 1. The molecule has 0 bridgehead atoms. The number of nitrogens with zero attached hydrogens (tertiary/aromatic N) is 1. The minimum Gasteiger partial charge on any atom is -0.393 e. The van der Waals surface area contributed by atoms with E-state index in [1.165, 1.54) is 12.1 Å². The minimum atomic E-state index is -1.24. The highest BCUT2D eigenvalue weighted by atomic mass is 32.2. The Balaban J connectivity index is 2.95. The van der Waals surface area contributed by atoms with Gasteiger partial charge in [0, 0.05) is 12.1 Å². The standard InChI is InChI=1S/C12H19N3O3S/c1-8(14-19(18)12(2,3)4)9-5-6-10(13)11(7-9)15(16)17/h5-8,14H,13H2,1-4H3/t8-,19?/m0/s1. The third-order valence-electron chi connectivity index (χ3n) is 2.59. The second-order valence-corrected chi connectivity index (χ2v) is 7.29. The summed E-state index contributed by atoms with van der Waals surface area (Å²) in [5.74, 6) is 0. The quantitative estimate of drug-likeness (QED) is 0.503.